The van der Waals surface area contributed by atoms with E-state index in [1.165, 1.54) is 23.3 Å². The molecule has 0 radical (unpaired) electrons. The number of carbonyl (C=O) groups excluding carboxylic acids is 3. The minimum absolute atomic E-state index is 0.320. The normalized spacial score (nSPS) is 14.1. The molecular formula is C24H25N3O6S2. The van der Waals surface area contributed by atoms with Gasteiger partial charge in [-0.15, -0.1) is 0 Å². The number of ether oxygens (including phenoxy) is 1. The maximum atomic E-state index is 12.8. The predicted molar refractivity (Wildman–Crippen MR) is 133 cm³/mol. The van der Waals surface area contributed by atoms with Crippen LogP contribution in [0.4, 0.5) is 5.69 Å². The molecule has 4 rings (SSSR count). The molecule has 2 heterocycles. The van der Waals surface area contributed by atoms with Crippen molar-refractivity contribution in [2.24, 2.45) is 4.99 Å². The molecule has 2 aromatic carbocycles. The third-order valence-electron chi connectivity index (χ3n) is 5.74. The Morgan fingerprint density at radius 1 is 1.11 bits per heavy atom. The molecule has 0 saturated carbocycles. The summed E-state index contributed by atoms with van der Waals surface area (Å²) < 4.78 is 32.6. The minimum atomic E-state index is -4.02. The van der Waals surface area contributed by atoms with Gasteiger partial charge in [-0.3, -0.25) is 9.59 Å². The molecule has 1 aliphatic heterocycles. The maximum absolute atomic E-state index is 12.8. The molecule has 35 heavy (non-hydrogen) atoms. The van der Waals surface area contributed by atoms with Crippen molar-refractivity contribution in [2.75, 3.05) is 30.1 Å². The van der Waals surface area contributed by atoms with E-state index in [1.54, 1.807) is 28.8 Å². The number of aryl methyl sites for hydroxylation is 2. The van der Waals surface area contributed by atoms with Gasteiger partial charge in [0.05, 0.1) is 22.9 Å². The second kappa shape index (κ2) is 10.1. The number of anilines is 1. The Balaban J connectivity index is 1.54. The highest BCUT2D eigenvalue weighted by Gasteiger charge is 2.28. The van der Waals surface area contributed by atoms with E-state index in [1.807, 2.05) is 25.1 Å². The average molecular weight is 516 g/mol. The van der Waals surface area contributed by atoms with Crippen molar-refractivity contribution in [2.45, 2.75) is 26.3 Å². The third kappa shape index (κ3) is 5.35. The summed E-state index contributed by atoms with van der Waals surface area (Å²) in [7, 11) is -2.73. The molecule has 0 bridgehead atoms. The highest BCUT2D eigenvalue weighted by Crippen LogP contribution is 2.27. The van der Waals surface area contributed by atoms with Crippen LogP contribution in [-0.2, 0) is 37.1 Å². The van der Waals surface area contributed by atoms with E-state index in [0.717, 1.165) is 29.6 Å². The van der Waals surface area contributed by atoms with Crippen LogP contribution >= 0.6 is 11.3 Å². The lowest BCUT2D eigenvalue weighted by molar-refractivity contribution is -0.116. The predicted octanol–water partition coefficient (Wildman–Crippen LogP) is 2.33. The van der Waals surface area contributed by atoms with Crippen molar-refractivity contribution in [3.8, 4) is 0 Å². The first-order valence-electron chi connectivity index (χ1n) is 11.1. The van der Waals surface area contributed by atoms with Crippen LogP contribution in [0, 0.1) is 0 Å². The second-order valence-electron chi connectivity index (χ2n) is 8.12. The van der Waals surface area contributed by atoms with Crippen molar-refractivity contribution in [1.29, 1.82) is 0 Å². The fraction of sp³-hybridized carbons (Fsp3) is 0.333. The summed E-state index contributed by atoms with van der Waals surface area (Å²) in [5.41, 5.74) is 2.84. The van der Waals surface area contributed by atoms with Gasteiger partial charge in [-0.25, -0.2) is 13.2 Å². The maximum Gasteiger partial charge on any atom is 0.337 e. The van der Waals surface area contributed by atoms with Gasteiger partial charge < -0.3 is 14.2 Å². The van der Waals surface area contributed by atoms with E-state index < -0.39 is 39.1 Å². The average Bonchev–Trinajstić information content (AvgIpc) is 3.18. The first kappa shape index (κ1) is 24.8. The molecule has 9 nitrogen and oxygen atoms in total. The SMILES string of the molecule is CCn1c(=NC(=O)CS(=O)(=O)CC(=O)N2CCCc3ccccc32)sc2cc(C(=O)OC)ccc21. The fourth-order valence-electron chi connectivity index (χ4n) is 4.15. The highest BCUT2D eigenvalue weighted by molar-refractivity contribution is 7.92. The van der Waals surface area contributed by atoms with Crippen LogP contribution in [0.1, 0.15) is 29.3 Å². The summed E-state index contributed by atoms with van der Waals surface area (Å²) in [5.74, 6) is -3.50. The molecule has 2 amide bonds. The zero-order chi connectivity index (χ0) is 25.2. The quantitative estimate of drug-likeness (QED) is 0.466. The van der Waals surface area contributed by atoms with Crippen LogP contribution in [-0.4, -0.2) is 55.9 Å². The number of methoxy groups -OCH3 is 1. The molecule has 0 unspecified atom stereocenters. The molecule has 11 heteroatoms. The number of hydrogen-bond acceptors (Lipinski definition) is 7. The number of hydrogen-bond donors (Lipinski definition) is 0. The summed E-state index contributed by atoms with van der Waals surface area (Å²) in [6, 6.07) is 12.4. The topological polar surface area (TPSA) is 115 Å². The van der Waals surface area contributed by atoms with Crippen LogP contribution < -0.4 is 9.70 Å². The zero-order valence-corrected chi connectivity index (χ0v) is 21.0. The summed E-state index contributed by atoms with van der Waals surface area (Å²) >= 11 is 1.17. The van der Waals surface area contributed by atoms with Crippen molar-refractivity contribution < 1.29 is 27.5 Å². The number of amides is 2. The second-order valence-corrected chi connectivity index (χ2v) is 11.2. The van der Waals surface area contributed by atoms with E-state index in [4.69, 9.17) is 4.74 Å². The van der Waals surface area contributed by atoms with E-state index in [2.05, 4.69) is 4.99 Å². The van der Waals surface area contributed by atoms with Gasteiger partial charge in [-0.2, -0.15) is 4.99 Å². The lowest BCUT2D eigenvalue weighted by Crippen LogP contribution is -2.40. The number of aromatic nitrogens is 1. The van der Waals surface area contributed by atoms with Gasteiger partial charge in [0.25, 0.3) is 5.91 Å². The van der Waals surface area contributed by atoms with Crippen molar-refractivity contribution in [1.82, 2.24) is 4.57 Å². The van der Waals surface area contributed by atoms with Crippen LogP contribution in [0.3, 0.4) is 0 Å². The summed E-state index contributed by atoms with van der Waals surface area (Å²) in [6.45, 7) is 2.80. The molecule has 0 atom stereocenters. The van der Waals surface area contributed by atoms with E-state index in [9.17, 15) is 22.8 Å². The molecule has 184 valence electrons. The Labute approximate surface area is 206 Å². The van der Waals surface area contributed by atoms with Crippen LogP contribution in [0.15, 0.2) is 47.5 Å². The number of para-hydroxylation sites is 1. The van der Waals surface area contributed by atoms with Crippen molar-refractivity contribution in [3.05, 3.63) is 58.4 Å². The van der Waals surface area contributed by atoms with Crippen molar-refractivity contribution in [3.63, 3.8) is 0 Å². The molecule has 0 N–H and O–H groups in total. The highest BCUT2D eigenvalue weighted by atomic mass is 32.2. The van der Waals surface area contributed by atoms with Gasteiger partial charge in [0.15, 0.2) is 14.6 Å². The molecule has 0 saturated heterocycles. The number of nitrogens with zero attached hydrogens (tertiary/aromatic N) is 3. The van der Waals surface area contributed by atoms with Crippen LogP contribution in [0.5, 0.6) is 0 Å². The number of fused-ring (bicyclic) bond motifs is 2. The summed E-state index contributed by atoms with van der Waals surface area (Å²) in [6.07, 6.45) is 1.58. The van der Waals surface area contributed by atoms with Gasteiger partial charge in [-0.05, 0) is 49.6 Å². The third-order valence-corrected chi connectivity index (χ3v) is 8.15. The molecule has 0 aliphatic carbocycles. The smallest absolute Gasteiger partial charge is 0.337 e. The number of esters is 1. The minimum Gasteiger partial charge on any atom is -0.465 e. The summed E-state index contributed by atoms with van der Waals surface area (Å²) in [4.78, 5) is 43.1. The Morgan fingerprint density at radius 2 is 1.89 bits per heavy atom. The number of thiazole rings is 1. The number of carbonyl (C=O) groups is 3. The van der Waals surface area contributed by atoms with Gasteiger partial charge in [-0.1, -0.05) is 29.5 Å². The Bertz CT molecular complexity index is 1490. The Kier molecular flexibility index (Phi) is 7.18. The molecular weight excluding hydrogens is 490 g/mol. The van der Waals surface area contributed by atoms with E-state index >= 15 is 0 Å². The van der Waals surface area contributed by atoms with E-state index in [-0.39, 0.29) is 0 Å². The molecule has 3 aromatic rings. The van der Waals surface area contributed by atoms with Crippen molar-refractivity contribution >= 4 is 54.9 Å². The number of benzene rings is 2. The summed E-state index contributed by atoms with van der Waals surface area (Å²) in [5, 5.41) is 0. The first-order valence-corrected chi connectivity index (χ1v) is 13.7. The molecule has 0 spiro atoms. The lowest BCUT2D eigenvalue weighted by atomic mass is 10.0. The van der Waals surface area contributed by atoms with Crippen LogP contribution in [0.25, 0.3) is 10.2 Å². The van der Waals surface area contributed by atoms with Crippen LogP contribution in [0.2, 0.25) is 0 Å². The fourth-order valence-corrected chi connectivity index (χ4v) is 6.37. The molecule has 0 fully saturated rings. The van der Waals surface area contributed by atoms with Gasteiger partial charge >= 0.3 is 5.97 Å². The van der Waals surface area contributed by atoms with E-state index in [0.29, 0.717) is 28.2 Å². The lowest BCUT2D eigenvalue weighted by Gasteiger charge is -2.29. The Hall–Kier alpha value is -3.31. The monoisotopic (exact) mass is 515 g/mol. The molecule has 1 aliphatic rings. The van der Waals surface area contributed by atoms with Gasteiger partial charge in [0, 0.05) is 18.8 Å². The first-order chi connectivity index (χ1) is 16.7. The molecule has 1 aromatic heterocycles. The number of rotatable bonds is 6. The largest absolute Gasteiger partial charge is 0.465 e. The standard InChI is InChI=1S/C24H25N3O6S2/c1-3-26-19-11-10-17(23(30)33-2)13-20(19)34-24(26)25-21(28)14-35(31,32)15-22(29)27-12-6-8-16-7-4-5-9-18(16)27/h4-5,7,9-11,13H,3,6,8,12,14-15H2,1-2H3. The van der Waals surface area contributed by atoms with Gasteiger partial charge in [0.1, 0.15) is 11.5 Å². The zero-order valence-electron chi connectivity index (χ0n) is 19.4. The number of sulfone groups is 1. The Morgan fingerprint density at radius 3 is 2.63 bits per heavy atom. The van der Waals surface area contributed by atoms with Gasteiger partial charge in [0.2, 0.25) is 5.91 Å².